The molecule has 0 spiro atoms. The third-order valence-electron chi connectivity index (χ3n) is 14.9. The van der Waals surface area contributed by atoms with Crippen molar-refractivity contribution in [3.05, 3.63) is 84.1 Å². The van der Waals surface area contributed by atoms with Gasteiger partial charge in [0, 0.05) is 68.6 Å². The van der Waals surface area contributed by atoms with Gasteiger partial charge in [0.2, 0.25) is 59.1 Å². The van der Waals surface area contributed by atoms with Gasteiger partial charge in [-0.2, -0.15) is 0 Å². The molecule has 472 valence electrons. The average molecular weight is 1210 g/mol. The molecule has 4 aromatic rings. The van der Waals surface area contributed by atoms with Crippen LogP contribution in [-0.2, 0) is 67.2 Å². The SMILES string of the molecule is CCNC(=O)[C@@H]1CCCN1C(=O)C(CCCNC(=N)N)NC(=O)C(CC(C)C)NC(=O)C(CC(C)C)NC(=O)C(Cc1ccc(O)cc1)NC(=O)C(CO)NC(=O)C(Cc1c[nH]c2ccccc12)NC(=O)C(Cc1c[nH]cn1)NC(=O)[C@@H]1CCC(=O)N1. The summed E-state index contributed by atoms with van der Waals surface area (Å²) in [6, 6.07) is 1.54. The van der Waals surface area contributed by atoms with Crippen LogP contribution in [0.1, 0.15) is 103 Å². The molecule has 2 aromatic heterocycles. The number of amides is 10. The van der Waals surface area contributed by atoms with Gasteiger partial charge in [0.1, 0.15) is 60.1 Å². The number of hydrogen-bond donors (Lipinski definition) is 16. The molecule has 0 saturated carbocycles. The predicted octanol–water partition coefficient (Wildman–Crippen LogP) is -1.23. The second-order valence-corrected chi connectivity index (χ2v) is 22.8. The highest BCUT2D eigenvalue weighted by Gasteiger charge is 2.40. The Hall–Kier alpha value is -9.08. The Labute approximate surface area is 504 Å². The molecule has 4 heterocycles. The number of aliphatic hydroxyl groups excluding tert-OH is 1. The van der Waals surface area contributed by atoms with Crippen molar-refractivity contribution < 1.29 is 58.2 Å². The number of aromatic amines is 2. The number of carbonyl (C=O) groups excluding carboxylic acids is 10. The molecular formula is C59H84N16O12. The maximum Gasteiger partial charge on any atom is 0.245 e. The lowest BCUT2D eigenvalue weighted by Crippen LogP contribution is -2.61. The van der Waals surface area contributed by atoms with E-state index < -0.39 is 108 Å². The van der Waals surface area contributed by atoms with Crippen molar-refractivity contribution in [1.29, 1.82) is 5.41 Å². The lowest BCUT2D eigenvalue weighted by atomic mass is 9.98. The number of imidazole rings is 1. The minimum Gasteiger partial charge on any atom is -0.508 e. The zero-order valence-electron chi connectivity index (χ0n) is 49.8. The summed E-state index contributed by atoms with van der Waals surface area (Å²) in [6.07, 6.45) is 5.85. The van der Waals surface area contributed by atoms with E-state index >= 15 is 0 Å². The molecule has 10 amide bonds. The average Bonchev–Trinajstić information content (AvgIpc) is 2.39. The van der Waals surface area contributed by atoms with Gasteiger partial charge in [-0.15, -0.1) is 0 Å². The number of benzene rings is 2. The first-order valence-electron chi connectivity index (χ1n) is 29.5. The normalized spacial score (nSPS) is 17.1. The van der Waals surface area contributed by atoms with Gasteiger partial charge in [0.05, 0.1) is 18.6 Å². The summed E-state index contributed by atoms with van der Waals surface area (Å²) in [7, 11) is 0. The summed E-state index contributed by atoms with van der Waals surface area (Å²) in [5.74, 6) is -7.71. The summed E-state index contributed by atoms with van der Waals surface area (Å²) >= 11 is 0. The van der Waals surface area contributed by atoms with Crippen molar-refractivity contribution >= 4 is 75.9 Å². The molecule has 2 fully saturated rings. The standard InChI is InChI=1S/C59H84N16O12/c1-6-63-57(86)48-14-10-22-75(48)58(87)41(13-9-21-64-59(60)61)68-51(80)42(23-32(2)3)69-52(81)43(24-33(4)5)70-53(82)44(25-34-15-17-37(77)18-16-34)71-56(85)47(30-76)74-54(83)45(26-35-28-65-39-12-8-7-11-38(35)39)72-55(84)46(27-36-29-62-31-66-36)73-50(79)40-19-20-49(78)67-40/h7-8,11-12,15-18,28-29,31-33,40-48,65,76-77H,6,9-10,13-14,19-27,30H2,1-5H3,(H,62,66)(H,63,86)(H,67,78)(H,68,80)(H,69,81)(H,70,82)(H,71,85)(H,72,84)(H,73,79)(H,74,83)(H4,60,61,64)/t40-,41?,42?,43?,44?,45?,46?,47?,48-/m0/s1. The quantitative estimate of drug-likeness (QED) is 0.0155. The number of nitrogens with two attached hydrogens (primary N) is 1. The number of fused-ring (bicyclic) bond motifs is 1. The van der Waals surface area contributed by atoms with Crippen LogP contribution < -0.4 is 58.9 Å². The van der Waals surface area contributed by atoms with E-state index in [2.05, 4.69) is 68.1 Å². The molecule has 28 heteroatoms. The fourth-order valence-corrected chi connectivity index (χ4v) is 10.5. The van der Waals surface area contributed by atoms with Crippen LogP contribution in [0.4, 0.5) is 0 Å². The number of nitrogens with zero attached hydrogens (tertiary/aromatic N) is 2. The minimum atomic E-state index is -1.75. The topological polar surface area (TPSA) is 429 Å². The Bertz CT molecular complexity index is 3040. The van der Waals surface area contributed by atoms with Gasteiger partial charge in [-0.05, 0) is 93.0 Å². The second-order valence-electron chi connectivity index (χ2n) is 22.8. The van der Waals surface area contributed by atoms with E-state index in [1.54, 1.807) is 45.2 Å². The largest absolute Gasteiger partial charge is 0.508 e. The van der Waals surface area contributed by atoms with E-state index in [1.165, 1.54) is 41.7 Å². The van der Waals surface area contributed by atoms with E-state index in [-0.39, 0.29) is 99.8 Å². The molecule has 28 nitrogen and oxygen atoms in total. The van der Waals surface area contributed by atoms with Gasteiger partial charge < -0.3 is 84.0 Å². The fourth-order valence-electron chi connectivity index (χ4n) is 10.5. The zero-order chi connectivity index (χ0) is 63.3. The van der Waals surface area contributed by atoms with Crippen LogP contribution in [0.25, 0.3) is 10.9 Å². The molecule has 2 aliphatic rings. The number of likely N-dealkylation sites (N-methyl/N-ethyl adjacent to an activating group) is 1. The summed E-state index contributed by atoms with van der Waals surface area (Å²) in [6.45, 7) is 8.87. The van der Waals surface area contributed by atoms with Gasteiger partial charge in [0.25, 0.3) is 0 Å². The van der Waals surface area contributed by atoms with Gasteiger partial charge in [0.15, 0.2) is 5.96 Å². The van der Waals surface area contributed by atoms with Crippen molar-refractivity contribution in [2.45, 2.75) is 160 Å². The molecule has 0 radical (unpaired) electrons. The molecule has 87 heavy (non-hydrogen) atoms. The summed E-state index contributed by atoms with van der Waals surface area (Å²) in [4.78, 5) is 151. The van der Waals surface area contributed by atoms with Crippen LogP contribution in [0.5, 0.6) is 5.75 Å². The maximum absolute atomic E-state index is 14.7. The first-order valence-corrected chi connectivity index (χ1v) is 29.5. The number of para-hydroxylation sites is 1. The summed E-state index contributed by atoms with van der Waals surface area (Å²) in [5.41, 5.74) is 7.62. The van der Waals surface area contributed by atoms with E-state index in [9.17, 15) is 58.2 Å². The number of nitrogens with one attached hydrogen (secondary N) is 13. The molecule has 2 aromatic carbocycles. The molecule has 2 aliphatic heterocycles. The van der Waals surface area contributed by atoms with Gasteiger partial charge in [-0.25, -0.2) is 4.98 Å². The molecule has 0 aliphatic carbocycles. The third-order valence-corrected chi connectivity index (χ3v) is 14.9. The number of phenolic OH excluding ortho intramolecular Hbond substituents is 1. The van der Waals surface area contributed by atoms with Crippen molar-refractivity contribution in [3.63, 3.8) is 0 Å². The summed E-state index contributed by atoms with van der Waals surface area (Å²) < 4.78 is 0. The highest BCUT2D eigenvalue weighted by Crippen LogP contribution is 2.22. The lowest BCUT2D eigenvalue weighted by molar-refractivity contribution is -0.142. The van der Waals surface area contributed by atoms with Crippen molar-refractivity contribution in [2.24, 2.45) is 17.6 Å². The van der Waals surface area contributed by atoms with Crippen LogP contribution in [0, 0.1) is 17.2 Å². The first kappa shape index (κ1) is 67.1. The third kappa shape index (κ3) is 20.0. The highest BCUT2D eigenvalue weighted by molar-refractivity contribution is 5.99. The number of carbonyl (C=O) groups is 10. The van der Waals surface area contributed by atoms with Crippen molar-refractivity contribution in [3.8, 4) is 5.75 Å². The second kappa shape index (κ2) is 32.4. The van der Waals surface area contributed by atoms with Crippen molar-refractivity contribution in [1.82, 2.24) is 73.0 Å². The monoisotopic (exact) mass is 1210 g/mol. The smallest absolute Gasteiger partial charge is 0.245 e. The Morgan fingerprint density at radius 3 is 1.85 bits per heavy atom. The van der Waals surface area contributed by atoms with Crippen LogP contribution in [-0.4, -0.2) is 176 Å². The van der Waals surface area contributed by atoms with Crippen molar-refractivity contribution in [2.75, 3.05) is 26.2 Å². The number of guanidine groups is 1. The van der Waals surface area contributed by atoms with Crippen LogP contribution in [0.3, 0.4) is 0 Å². The molecule has 2 saturated heterocycles. The Morgan fingerprint density at radius 1 is 0.701 bits per heavy atom. The Balaban J connectivity index is 1.22. The number of H-pyrrole nitrogens is 2. The maximum atomic E-state index is 14.7. The number of hydrogen-bond acceptors (Lipinski definition) is 14. The zero-order valence-corrected chi connectivity index (χ0v) is 49.8. The summed E-state index contributed by atoms with van der Waals surface area (Å²) in [5, 5.41) is 56.1. The molecule has 17 N–H and O–H groups in total. The number of aromatic nitrogens is 3. The van der Waals surface area contributed by atoms with Crippen LogP contribution >= 0.6 is 0 Å². The lowest BCUT2D eigenvalue weighted by Gasteiger charge is -2.31. The van der Waals surface area contributed by atoms with Crippen LogP contribution in [0.2, 0.25) is 0 Å². The number of rotatable bonds is 32. The van der Waals surface area contributed by atoms with Gasteiger partial charge in [-0.3, -0.25) is 53.4 Å². The molecule has 9 atom stereocenters. The molecule has 7 unspecified atom stereocenters. The van der Waals surface area contributed by atoms with E-state index in [1.807, 2.05) is 19.9 Å². The fraction of sp³-hybridized carbons (Fsp3) is 0.525. The highest BCUT2D eigenvalue weighted by atomic mass is 16.3. The molecular weight excluding hydrogens is 1120 g/mol. The van der Waals surface area contributed by atoms with E-state index in [4.69, 9.17) is 11.1 Å². The Morgan fingerprint density at radius 2 is 1.28 bits per heavy atom. The Kier molecular flexibility index (Phi) is 25.0. The van der Waals surface area contributed by atoms with Crippen LogP contribution in [0.15, 0.2) is 67.3 Å². The van der Waals surface area contributed by atoms with Gasteiger partial charge >= 0.3 is 0 Å². The number of likely N-dealkylation sites (tertiary alicyclic amines) is 1. The minimum absolute atomic E-state index is 0.0378. The first-order chi connectivity index (χ1) is 41.5. The number of phenols is 1. The predicted molar refractivity (Wildman–Crippen MR) is 319 cm³/mol. The van der Waals surface area contributed by atoms with E-state index in [0.29, 0.717) is 48.0 Å². The molecule has 0 bridgehead atoms. The number of aromatic hydroxyl groups is 1. The molecule has 6 rings (SSSR count). The van der Waals surface area contributed by atoms with Gasteiger partial charge in [-0.1, -0.05) is 58.0 Å². The van der Waals surface area contributed by atoms with E-state index in [0.717, 1.165) is 5.52 Å². The number of aliphatic hydroxyl groups is 1.